The minimum atomic E-state index is 0.547. The molecule has 0 aliphatic heterocycles. The summed E-state index contributed by atoms with van der Waals surface area (Å²) in [6.07, 6.45) is 7.58. The van der Waals surface area contributed by atoms with Crippen molar-refractivity contribution in [2.45, 2.75) is 0 Å². The van der Waals surface area contributed by atoms with Crippen LogP contribution in [0.2, 0.25) is 0 Å². The molecule has 0 radical (unpaired) electrons. The molecule has 0 aliphatic rings. The zero-order valence-corrected chi connectivity index (χ0v) is 33.2. The molecule has 0 atom stereocenters. The molecule has 62 heavy (non-hydrogen) atoms. The Bertz CT molecular complexity index is 3750. The van der Waals surface area contributed by atoms with Gasteiger partial charge in [0.2, 0.25) is 5.95 Å². The number of hydrogen-bond acceptors (Lipinski definition) is 4. The number of benzene rings is 7. The summed E-state index contributed by atoms with van der Waals surface area (Å²) < 4.78 is 4.42. The normalized spacial score (nSPS) is 11.5. The fraction of sp³-hybridized carbons (Fsp3) is 0. The molecule has 7 aromatic carbocycles. The Kier molecular flexibility index (Phi) is 8.09. The largest absolute Gasteiger partial charge is 0.308 e. The van der Waals surface area contributed by atoms with Gasteiger partial charge in [0.15, 0.2) is 5.69 Å². The van der Waals surface area contributed by atoms with E-state index in [-0.39, 0.29) is 0 Å². The lowest BCUT2D eigenvalue weighted by Crippen LogP contribution is -2.04. The van der Waals surface area contributed by atoms with Crippen molar-refractivity contribution in [3.8, 4) is 56.4 Å². The van der Waals surface area contributed by atoms with E-state index in [1.54, 1.807) is 0 Å². The molecular formula is C55H33N7. The van der Waals surface area contributed by atoms with Crippen LogP contribution in [0.3, 0.4) is 0 Å². The molecule has 0 saturated carbocycles. The minimum Gasteiger partial charge on any atom is -0.308 e. The van der Waals surface area contributed by atoms with Crippen LogP contribution in [0.1, 0.15) is 0 Å². The molecule has 0 aliphatic carbocycles. The van der Waals surface area contributed by atoms with E-state index in [9.17, 15) is 0 Å². The van der Waals surface area contributed by atoms with Gasteiger partial charge in [-0.05, 0) is 93.2 Å². The van der Waals surface area contributed by atoms with E-state index in [0.717, 1.165) is 77.7 Å². The fourth-order valence-electron chi connectivity index (χ4n) is 9.09. The Morgan fingerprint density at radius 1 is 0.387 bits per heavy atom. The molecule has 12 rings (SSSR count). The molecule has 5 heterocycles. The van der Waals surface area contributed by atoms with Crippen molar-refractivity contribution >= 4 is 60.1 Å². The first kappa shape index (κ1) is 35.2. The van der Waals surface area contributed by atoms with Crippen molar-refractivity contribution < 1.29 is 0 Å². The van der Waals surface area contributed by atoms with Crippen LogP contribution in [0.15, 0.2) is 201 Å². The second-order valence-electron chi connectivity index (χ2n) is 15.4. The second-order valence-corrected chi connectivity index (χ2v) is 15.4. The van der Waals surface area contributed by atoms with Gasteiger partial charge in [-0.2, -0.15) is 0 Å². The molecule has 0 N–H and O–H groups in total. The average molecular weight is 792 g/mol. The molecule has 0 saturated heterocycles. The van der Waals surface area contributed by atoms with Crippen LogP contribution in [-0.2, 0) is 0 Å². The van der Waals surface area contributed by atoms with Gasteiger partial charge in [0.25, 0.3) is 0 Å². The summed E-state index contributed by atoms with van der Waals surface area (Å²) >= 11 is 0. The Hall–Kier alpha value is -8.73. The molecule has 0 amide bonds. The number of rotatable bonds is 6. The molecule has 288 valence electrons. The van der Waals surface area contributed by atoms with Crippen LogP contribution >= 0.6 is 0 Å². The number of nitrogens with zero attached hydrogens (tertiary/aromatic N) is 7. The van der Waals surface area contributed by atoms with Crippen LogP contribution in [0.4, 0.5) is 5.69 Å². The maximum Gasteiger partial charge on any atom is 0.235 e. The summed E-state index contributed by atoms with van der Waals surface area (Å²) in [5.41, 5.74) is 13.9. The maximum absolute atomic E-state index is 7.46. The van der Waals surface area contributed by atoms with E-state index in [4.69, 9.17) is 16.5 Å². The summed E-state index contributed by atoms with van der Waals surface area (Å²) in [6.45, 7) is 7.46. The first-order chi connectivity index (χ1) is 30.7. The first-order valence-corrected chi connectivity index (χ1v) is 20.5. The average Bonchev–Trinajstić information content (AvgIpc) is 3.86. The monoisotopic (exact) mass is 791 g/mol. The Morgan fingerprint density at radius 2 is 0.887 bits per heavy atom. The molecule has 0 unspecified atom stereocenters. The van der Waals surface area contributed by atoms with Crippen LogP contribution in [0.25, 0.3) is 116 Å². The van der Waals surface area contributed by atoms with E-state index >= 15 is 0 Å². The zero-order chi connectivity index (χ0) is 41.1. The van der Waals surface area contributed by atoms with Crippen molar-refractivity contribution in [3.05, 3.63) is 212 Å². The summed E-state index contributed by atoms with van der Waals surface area (Å²) in [5.74, 6) is 0.547. The van der Waals surface area contributed by atoms with Crippen LogP contribution in [0.5, 0.6) is 0 Å². The fourth-order valence-corrected chi connectivity index (χ4v) is 9.09. The summed E-state index contributed by atoms with van der Waals surface area (Å²) in [5, 5.41) is 6.88. The quantitative estimate of drug-likeness (QED) is 0.157. The molecule has 5 aromatic heterocycles. The second kappa shape index (κ2) is 14.2. The third-order valence-corrected chi connectivity index (χ3v) is 12.0. The molecule has 0 bridgehead atoms. The lowest BCUT2D eigenvalue weighted by Gasteiger charge is -2.14. The highest BCUT2D eigenvalue weighted by Crippen LogP contribution is 2.41. The summed E-state index contributed by atoms with van der Waals surface area (Å²) in [4.78, 5) is 23.0. The van der Waals surface area contributed by atoms with E-state index in [0.29, 0.717) is 11.6 Å². The van der Waals surface area contributed by atoms with Crippen molar-refractivity contribution in [1.82, 2.24) is 29.1 Å². The molecule has 7 heteroatoms. The molecule has 0 fully saturated rings. The number of hydrogen-bond donors (Lipinski definition) is 0. The number of aromatic nitrogens is 6. The Morgan fingerprint density at radius 3 is 1.47 bits per heavy atom. The van der Waals surface area contributed by atoms with Gasteiger partial charge in [0, 0.05) is 45.2 Å². The third kappa shape index (κ3) is 5.66. The van der Waals surface area contributed by atoms with Gasteiger partial charge in [0.1, 0.15) is 0 Å². The maximum atomic E-state index is 7.46. The highest BCUT2D eigenvalue weighted by Gasteiger charge is 2.20. The van der Waals surface area contributed by atoms with Crippen LogP contribution in [-0.4, -0.2) is 29.1 Å². The highest BCUT2D eigenvalue weighted by atomic mass is 15.2. The summed E-state index contributed by atoms with van der Waals surface area (Å²) in [6, 6.07) is 61.2. The zero-order valence-electron chi connectivity index (χ0n) is 33.2. The molecular weight excluding hydrogens is 759 g/mol. The highest BCUT2D eigenvalue weighted by molar-refractivity contribution is 6.14. The lowest BCUT2D eigenvalue weighted by molar-refractivity contribution is 0.993. The molecule has 7 nitrogen and oxygen atoms in total. The lowest BCUT2D eigenvalue weighted by atomic mass is 9.91. The minimum absolute atomic E-state index is 0.547. The van der Waals surface area contributed by atoms with E-state index in [1.807, 2.05) is 79.4 Å². The van der Waals surface area contributed by atoms with Crippen molar-refractivity contribution in [1.29, 1.82) is 0 Å². The number of para-hydroxylation sites is 1. The SMILES string of the molecule is [C-]#[N+]c1ccc(-c2cc(-c3ccccc3)nc(-n3c4ccc(-c5ccc(-c6ccc7c(c6)c6ccncc6n7-c6ccccc6)c6ccccc56)cc4c4ccncc43)n2)cc1. The van der Waals surface area contributed by atoms with Gasteiger partial charge in [-0.3, -0.25) is 14.5 Å². The predicted octanol–water partition coefficient (Wildman–Crippen LogP) is 13.8. The first-order valence-electron chi connectivity index (χ1n) is 20.5. The van der Waals surface area contributed by atoms with Crippen LogP contribution in [0, 0.1) is 6.57 Å². The topological polar surface area (TPSA) is 65.8 Å². The summed E-state index contributed by atoms with van der Waals surface area (Å²) in [7, 11) is 0. The molecule has 0 spiro atoms. The standard InChI is InChI=1S/C55H33N7/c1-56-39-20-16-36(17-21-39)50-32-49(35-10-4-2-5-11-35)59-55(60-50)62-52-25-19-38(31-48(52)46-27-29-58-34-54(46)62)42-23-22-41(43-14-8-9-15-44(42)43)37-18-24-51-47(30-37)45-26-28-57-33-53(45)61(51)40-12-6-3-7-13-40/h2-34H. The van der Waals surface area contributed by atoms with Crippen LogP contribution < -0.4 is 0 Å². The number of pyridine rings is 2. The Balaban J connectivity index is 1.01. The van der Waals surface area contributed by atoms with Gasteiger partial charge in [-0.1, -0.05) is 121 Å². The van der Waals surface area contributed by atoms with Gasteiger partial charge < -0.3 is 4.57 Å². The van der Waals surface area contributed by atoms with Gasteiger partial charge >= 0.3 is 0 Å². The van der Waals surface area contributed by atoms with Gasteiger partial charge in [-0.25, -0.2) is 14.8 Å². The van der Waals surface area contributed by atoms with E-state index < -0.39 is 0 Å². The van der Waals surface area contributed by atoms with E-state index in [2.05, 4.69) is 145 Å². The van der Waals surface area contributed by atoms with Gasteiger partial charge in [-0.15, -0.1) is 0 Å². The van der Waals surface area contributed by atoms with Crippen molar-refractivity contribution in [3.63, 3.8) is 0 Å². The Labute approximate surface area is 356 Å². The third-order valence-electron chi connectivity index (χ3n) is 12.0. The molecule has 12 aromatic rings. The predicted molar refractivity (Wildman–Crippen MR) is 252 cm³/mol. The van der Waals surface area contributed by atoms with Crippen molar-refractivity contribution in [2.24, 2.45) is 0 Å². The van der Waals surface area contributed by atoms with E-state index in [1.165, 1.54) is 27.1 Å². The van der Waals surface area contributed by atoms with Gasteiger partial charge in [0.05, 0.1) is 52.4 Å². The smallest absolute Gasteiger partial charge is 0.235 e. The van der Waals surface area contributed by atoms with Crippen molar-refractivity contribution in [2.75, 3.05) is 0 Å². The number of fused-ring (bicyclic) bond motifs is 7.